The number of rotatable bonds is 9. The van der Waals surface area contributed by atoms with Gasteiger partial charge in [0.1, 0.15) is 36.4 Å². The summed E-state index contributed by atoms with van der Waals surface area (Å²) in [6, 6.07) is 20.1. The summed E-state index contributed by atoms with van der Waals surface area (Å²) in [4.78, 5) is 26.7. The molecule has 0 radical (unpaired) electrons. The van der Waals surface area contributed by atoms with Crippen LogP contribution < -0.4 is 9.64 Å². The highest BCUT2D eigenvalue weighted by Gasteiger charge is 2.29. The lowest BCUT2D eigenvalue weighted by Gasteiger charge is -2.37. The number of hydrazone groups is 1. The fourth-order valence-electron chi connectivity index (χ4n) is 5.68. The van der Waals surface area contributed by atoms with Gasteiger partial charge in [0.2, 0.25) is 5.91 Å². The lowest BCUT2D eigenvalue weighted by molar-refractivity contribution is -0.132. The molecular weight excluding hydrogens is 586 g/mol. The van der Waals surface area contributed by atoms with Crippen molar-refractivity contribution in [2.45, 2.75) is 26.9 Å². The van der Waals surface area contributed by atoms with Crippen LogP contribution in [0.15, 0.2) is 96.4 Å². The summed E-state index contributed by atoms with van der Waals surface area (Å²) in [5, 5.41) is 6.64. The Morgan fingerprint density at radius 2 is 1.61 bits per heavy atom. The number of hydrogen-bond donors (Lipinski definition) is 0. The van der Waals surface area contributed by atoms with Gasteiger partial charge in [-0.1, -0.05) is 25.1 Å². The molecule has 0 aliphatic carbocycles. The first kappa shape index (κ1) is 30.9. The predicted molar refractivity (Wildman–Crippen MR) is 174 cm³/mol. The van der Waals surface area contributed by atoms with E-state index in [9.17, 15) is 13.6 Å². The maximum Gasteiger partial charge on any atom is 0.244 e. The van der Waals surface area contributed by atoms with Crippen molar-refractivity contribution in [1.29, 1.82) is 0 Å². The molecule has 2 aliphatic rings. The largest absolute Gasteiger partial charge is 0.487 e. The topological polar surface area (TPSA) is 74.2 Å². The van der Waals surface area contributed by atoms with Gasteiger partial charge < -0.3 is 14.5 Å². The predicted octanol–water partition coefficient (Wildman–Crippen LogP) is 6.08. The molecule has 46 heavy (non-hydrogen) atoms. The van der Waals surface area contributed by atoms with E-state index in [1.54, 1.807) is 41.7 Å². The summed E-state index contributed by atoms with van der Waals surface area (Å²) in [5.41, 5.74) is 4.85. The summed E-state index contributed by atoms with van der Waals surface area (Å²) in [5.74, 6) is 0.764. The number of anilines is 1. The van der Waals surface area contributed by atoms with Gasteiger partial charge in [-0.3, -0.25) is 14.8 Å². The molecule has 4 aromatic rings. The molecule has 6 rings (SSSR count). The van der Waals surface area contributed by atoms with Gasteiger partial charge in [-0.05, 0) is 79.1 Å². The van der Waals surface area contributed by atoms with E-state index in [1.807, 2.05) is 36.1 Å². The van der Waals surface area contributed by atoms with Gasteiger partial charge in [0, 0.05) is 56.1 Å². The molecule has 10 heteroatoms. The molecule has 236 valence electrons. The Morgan fingerprint density at radius 1 is 0.913 bits per heavy atom. The second-order valence-electron chi connectivity index (χ2n) is 11.4. The number of carbonyl (C=O) groups excluding carboxylic acids is 1. The van der Waals surface area contributed by atoms with Crippen LogP contribution in [-0.4, -0.2) is 64.2 Å². The number of aryl methyl sites for hydroxylation is 1. The smallest absolute Gasteiger partial charge is 0.244 e. The van der Waals surface area contributed by atoms with Gasteiger partial charge in [0.15, 0.2) is 0 Å². The molecule has 0 N–H and O–H groups in total. The number of amides is 1. The zero-order valence-electron chi connectivity index (χ0n) is 25.9. The molecular formula is C36H36F2N6O2. The number of ether oxygens (including phenoxy) is 1. The van der Waals surface area contributed by atoms with E-state index >= 15 is 0 Å². The minimum Gasteiger partial charge on any atom is -0.487 e. The van der Waals surface area contributed by atoms with Crippen LogP contribution in [0.1, 0.15) is 35.7 Å². The highest BCUT2D eigenvalue weighted by atomic mass is 19.1. The van der Waals surface area contributed by atoms with Crippen LogP contribution >= 0.6 is 0 Å². The van der Waals surface area contributed by atoms with Crippen molar-refractivity contribution in [2.75, 3.05) is 37.6 Å². The fraction of sp³-hybridized carbons (Fsp3) is 0.278. The Balaban J connectivity index is 1.15. The second-order valence-corrected chi connectivity index (χ2v) is 11.4. The van der Waals surface area contributed by atoms with E-state index in [-0.39, 0.29) is 30.0 Å². The third-order valence-electron chi connectivity index (χ3n) is 8.32. The van der Waals surface area contributed by atoms with Crippen LogP contribution in [0.2, 0.25) is 0 Å². The molecule has 1 saturated heterocycles. The molecule has 2 aromatic carbocycles. The van der Waals surface area contributed by atoms with Crippen molar-refractivity contribution >= 4 is 23.1 Å². The number of piperazine rings is 1. The van der Waals surface area contributed by atoms with Crippen molar-refractivity contribution in [3.8, 4) is 5.75 Å². The number of hydrogen-bond acceptors (Lipinski definition) is 7. The van der Waals surface area contributed by atoms with Gasteiger partial charge in [0.05, 0.1) is 17.1 Å². The molecule has 0 spiro atoms. The van der Waals surface area contributed by atoms with Crippen LogP contribution in [0.25, 0.3) is 5.70 Å². The maximum absolute atomic E-state index is 13.8. The SMILES string of the molecule is CCC1C=C(c2ccc(F)cc2)N(CC(=O)N2CCN(c3cc(OCc4ccccn4)c(C)cn3)CC2)N=C1c1ccc(F)cc1. The third-order valence-corrected chi connectivity index (χ3v) is 8.32. The molecule has 1 atom stereocenters. The molecule has 0 saturated carbocycles. The summed E-state index contributed by atoms with van der Waals surface area (Å²) >= 11 is 0. The zero-order chi connectivity index (χ0) is 32.0. The molecule has 1 fully saturated rings. The van der Waals surface area contributed by atoms with E-state index in [0.717, 1.165) is 51.8 Å². The molecule has 4 heterocycles. The van der Waals surface area contributed by atoms with E-state index in [4.69, 9.17) is 9.84 Å². The quantitative estimate of drug-likeness (QED) is 0.225. The van der Waals surface area contributed by atoms with Gasteiger partial charge in [-0.15, -0.1) is 0 Å². The van der Waals surface area contributed by atoms with Crippen LogP contribution in [-0.2, 0) is 11.4 Å². The Hall–Kier alpha value is -5.12. The number of halogens is 2. The molecule has 8 nitrogen and oxygen atoms in total. The zero-order valence-corrected chi connectivity index (χ0v) is 25.9. The van der Waals surface area contributed by atoms with E-state index in [0.29, 0.717) is 32.8 Å². The summed E-state index contributed by atoms with van der Waals surface area (Å²) in [6.45, 7) is 6.67. The Labute approximate surface area is 267 Å². The Bertz CT molecular complexity index is 1720. The van der Waals surface area contributed by atoms with Crippen molar-refractivity contribution < 1.29 is 18.3 Å². The van der Waals surface area contributed by atoms with Crippen molar-refractivity contribution in [1.82, 2.24) is 19.9 Å². The number of nitrogens with zero attached hydrogens (tertiary/aromatic N) is 6. The van der Waals surface area contributed by atoms with Crippen LogP contribution in [0.3, 0.4) is 0 Å². The number of aromatic nitrogens is 2. The Morgan fingerprint density at radius 3 is 2.26 bits per heavy atom. The van der Waals surface area contributed by atoms with Crippen molar-refractivity contribution in [2.24, 2.45) is 11.0 Å². The number of pyridine rings is 2. The van der Waals surface area contributed by atoms with Gasteiger partial charge in [0.25, 0.3) is 0 Å². The highest BCUT2D eigenvalue weighted by Crippen LogP contribution is 2.31. The molecule has 1 amide bonds. The molecule has 1 unspecified atom stereocenters. The van der Waals surface area contributed by atoms with Crippen LogP contribution in [0, 0.1) is 24.5 Å². The van der Waals surface area contributed by atoms with Crippen LogP contribution in [0.4, 0.5) is 14.6 Å². The average molecular weight is 623 g/mol. The lowest BCUT2D eigenvalue weighted by atomic mass is 9.91. The van der Waals surface area contributed by atoms with Gasteiger partial charge in [-0.2, -0.15) is 5.10 Å². The normalized spacial score (nSPS) is 16.6. The van der Waals surface area contributed by atoms with Crippen LogP contribution in [0.5, 0.6) is 5.75 Å². The standard InChI is InChI=1S/C36H36F2N6O2/c1-3-26-20-32(27-7-11-29(37)12-8-27)44(41-36(26)28-9-13-30(38)14-10-28)23-35(45)43-18-16-42(17-19-43)34-21-33(25(2)22-40-34)46-24-31-6-4-5-15-39-31/h4-15,20-22,26H,3,16-19,23-24H2,1-2H3. The van der Waals surface area contributed by atoms with Crippen molar-refractivity contribution in [3.05, 3.63) is 125 Å². The summed E-state index contributed by atoms with van der Waals surface area (Å²) in [6.07, 6.45) is 6.38. The summed E-state index contributed by atoms with van der Waals surface area (Å²) < 4.78 is 33.6. The molecule has 2 aromatic heterocycles. The first-order chi connectivity index (χ1) is 22.4. The summed E-state index contributed by atoms with van der Waals surface area (Å²) in [7, 11) is 0. The number of benzene rings is 2. The molecule has 0 bridgehead atoms. The second kappa shape index (κ2) is 13.9. The van der Waals surface area contributed by atoms with E-state index in [2.05, 4.69) is 27.9 Å². The maximum atomic E-state index is 13.8. The highest BCUT2D eigenvalue weighted by molar-refractivity contribution is 6.05. The minimum atomic E-state index is -0.335. The first-order valence-electron chi connectivity index (χ1n) is 15.5. The fourth-order valence-corrected chi connectivity index (χ4v) is 5.68. The number of carbonyl (C=O) groups is 1. The molecule has 2 aliphatic heterocycles. The third kappa shape index (κ3) is 7.06. The lowest BCUT2D eigenvalue weighted by Crippen LogP contribution is -2.51. The number of allylic oxidation sites excluding steroid dienone is 1. The van der Waals surface area contributed by atoms with E-state index < -0.39 is 0 Å². The monoisotopic (exact) mass is 622 g/mol. The van der Waals surface area contributed by atoms with Gasteiger partial charge in [-0.25, -0.2) is 13.8 Å². The average Bonchev–Trinajstić information content (AvgIpc) is 3.09. The van der Waals surface area contributed by atoms with E-state index in [1.165, 1.54) is 24.3 Å². The van der Waals surface area contributed by atoms with Crippen molar-refractivity contribution in [3.63, 3.8) is 0 Å². The van der Waals surface area contributed by atoms with Gasteiger partial charge >= 0.3 is 0 Å². The first-order valence-corrected chi connectivity index (χ1v) is 15.5. The minimum absolute atomic E-state index is 0.0125. The Kier molecular flexibility index (Phi) is 9.33.